The Hall–Kier alpha value is -2.67. The lowest BCUT2D eigenvalue weighted by Crippen LogP contribution is -2.38. The summed E-state index contributed by atoms with van der Waals surface area (Å²) in [4.78, 5) is 9.60. The van der Waals surface area contributed by atoms with Crippen LogP contribution in [0.4, 0.5) is 4.39 Å². The Kier molecular flexibility index (Phi) is 5.79. The van der Waals surface area contributed by atoms with E-state index in [0.29, 0.717) is 36.9 Å². The number of thiophene rings is 1. The fraction of sp³-hybridized carbons (Fsp3) is 0.222. The lowest BCUT2D eigenvalue weighted by molar-refractivity contribution is 0.573. The number of oxazole rings is 1. The number of nitrogens with one attached hydrogen (secondary N) is 2. The molecule has 3 aromatic rings. The molecule has 0 aliphatic rings. The minimum absolute atomic E-state index is 0.184. The molecule has 2 aromatic heterocycles. The van der Waals surface area contributed by atoms with E-state index in [-0.39, 0.29) is 5.82 Å². The van der Waals surface area contributed by atoms with Crippen LogP contribution in [0.1, 0.15) is 11.3 Å². The van der Waals surface area contributed by atoms with Crippen molar-refractivity contribution in [3.05, 3.63) is 65.1 Å². The van der Waals surface area contributed by atoms with Crippen LogP contribution in [-0.4, -0.2) is 24.5 Å². The molecule has 0 saturated heterocycles. The topological polar surface area (TPSA) is 62.5 Å². The van der Waals surface area contributed by atoms with Gasteiger partial charge in [0.25, 0.3) is 0 Å². The fourth-order valence-corrected chi connectivity index (χ4v) is 2.97. The zero-order valence-corrected chi connectivity index (χ0v) is 14.6. The molecule has 0 amide bonds. The van der Waals surface area contributed by atoms with Crippen LogP contribution >= 0.6 is 11.3 Å². The summed E-state index contributed by atoms with van der Waals surface area (Å²) in [7, 11) is 1.69. The molecule has 0 saturated carbocycles. The Labute approximate surface area is 149 Å². The molecule has 0 radical (unpaired) electrons. The first-order valence-corrected chi connectivity index (χ1v) is 8.80. The highest BCUT2D eigenvalue weighted by molar-refractivity contribution is 7.13. The van der Waals surface area contributed by atoms with Crippen LogP contribution in [0.3, 0.4) is 0 Å². The Balaban J connectivity index is 1.47. The van der Waals surface area contributed by atoms with Gasteiger partial charge in [-0.3, -0.25) is 4.99 Å². The molecule has 0 fully saturated rings. The van der Waals surface area contributed by atoms with Gasteiger partial charge >= 0.3 is 0 Å². The molecule has 0 bridgehead atoms. The number of nitrogens with zero attached hydrogens (tertiary/aromatic N) is 2. The predicted molar refractivity (Wildman–Crippen MR) is 98.1 cm³/mol. The minimum Gasteiger partial charge on any atom is -0.443 e. The van der Waals surface area contributed by atoms with Crippen molar-refractivity contribution in [1.29, 1.82) is 0 Å². The van der Waals surface area contributed by atoms with Gasteiger partial charge in [0, 0.05) is 13.6 Å². The quantitative estimate of drug-likeness (QED) is 0.523. The van der Waals surface area contributed by atoms with Gasteiger partial charge in [-0.2, -0.15) is 0 Å². The van der Waals surface area contributed by atoms with Gasteiger partial charge in [0.05, 0.1) is 17.1 Å². The van der Waals surface area contributed by atoms with Crippen LogP contribution in [0.15, 0.2) is 57.5 Å². The number of aromatic nitrogens is 1. The number of hydrogen-bond acceptors (Lipinski definition) is 4. The second-order valence-corrected chi connectivity index (χ2v) is 6.26. The van der Waals surface area contributed by atoms with E-state index in [1.165, 1.54) is 6.07 Å². The third-order valence-corrected chi connectivity index (χ3v) is 4.45. The molecule has 2 N–H and O–H groups in total. The van der Waals surface area contributed by atoms with Crippen LogP contribution in [0.25, 0.3) is 10.8 Å². The molecular weight excluding hydrogens is 339 g/mol. The second-order valence-electron chi connectivity index (χ2n) is 5.32. The monoisotopic (exact) mass is 358 g/mol. The summed E-state index contributed by atoms with van der Waals surface area (Å²) in [6.45, 7) is 1.08. The largest absolute Gasteiger partial charge is 0.443 e. The van der Waals surface area contributed by atoms with E-state index in [2.05, 4.69) is 20.6 Å². The molecule has 130 valence electrons. The first-order valence-electron chi connectivity index (χ1n) is 7.92. The van der Waals surface area contributed by atoms with Gasteiger partial charge in [-0.15, -0.1) is 11.3 Å². The number of hydrogen-bond donors (Lipinski definition) is 2. The van der Waals surface area contributed by atoms with E-state index in [0.717, 1.165) is 10.6 Å². The summed E-state index contributed by atoms with van der Waals surface area (Å²) in [5, 5.41) is 8.32. The zero-order chi connectivity index (χ0) is 17.5. The Morgan fingerprint density at radius 1 is 1.24 bits per heavy atom. The van der Waals surface area contributed by atoms with Gasteiger partial charge in [-0.25, -0.2) is 9.37 Å². The third kappa shape index (κ3) is 4.67. The maximum atomic E-state index is 13.6. The first kappa shape index (κ1) is 17.2. The van der Waals surface area contributed by atoms with Gasteiger partial charge in [0.15, 0.2) is 5.96 Å². The van der Waals surface area contributed by atoms with E-state index in [1.54, 1.807) is 36.8 Å². The van der Waals surface area contributed by atoms with Crippen molar-refractivity contribution in [1.82, 2.24) is 15.6 Å². The predicted octanol–water partition coefficient (Wildman–Crippen LogP) is 3.45. The van der Waals surface area contributed by atoms with E-state index in [4.69, 9.17) is 4.42 Å². The number of guanidine groups is 1. The number of aliphatic imine (C=N–C) groups is 1. The van der Waals surface area contributed by atoms with E-state index in [9.17, 15) is 4.39 Å². The standard InChI is InChI=1S/C18H19FN4OS/c1-20-18(21-9-8-13-5-2-3-6-15(13)19)22-11-14-12-24-17(23-14)16-7-4-10-25-16/h2-7,10,12H,8-9,11H2,1H3,(H2,20,21,22). The normalized spacial score (nSPS) is 11.5. The third-order valence-electron chi connectivity index (χ3n) is 3.59. The molecule has 0 aliphatic carbocycles. The molecule has 7 heteroatoms. The highest BCUT2D eigenvalue weighted by Gasteiger charge is 2.08. The maximum absolute atomic E-state index is 13.6. The lowest BCUT2D eigenvalue weighted by Gasteiger charge is -2.11. The van der Waals surface area contributed by atoms with Gasteiger partial charge in [-0.05, 0) is 29.5 Å². The summed E-state index contributed by atoms with van der Waals surface area (Å²) in [5.74, 6) is 1.07. The summed E-state index contributed by atoms with van der Waals surface area (Å²) >= 11 is 1.59. The van der Waals surface area contributed by atoms with E-state index < -0.39 is 0 Å². The summed E-state index contributed by atoms with van der Waals surface area (Å²) in [6.07, 6.45) is 2.22. The van der Waals surface area contributed by atoms with Crippen molar-refractivity contribution in [3.8, 4) is 10.8 Å². The molecule has 25 heavy (non-hydrogen) atoms. The van der Waals surface area contributed by atoms with Crippen molar-refractivity contribution in [2.75, 3.05) is 13.6 Å². The van der Waals surface area contributed by atoms with Crippen LogP contribution in [0.5, 0.6) is 0 Å². The smallest absolute Gasteiger partial charge is 0.236 e. The van der Waals surface area contributed by atoms with Crippen LogP contribution in [0, 0.1) is 5.82 Å². The lowest BCUT2D eigenvalue weighted by atomic mass is 10.1. The molecule has 0 aliphatic heterocycles. The van der Waals surface area contributed by atoms with Crippen LogP contribution < -0.4 is 10.6 Å². The maximum Gasteiger partial charge on any atom is 0.236 e. The van der Waals surface area contributed by atoms with Crippen LogP contribution in [-0.2, 0) is 13.0 Å². The van der Waals surface area contributed by atoms with E-state index >= 15 is 0 Å². The van der Waals surface area contributed by atoms with Gasteiger partial charge in [0.1, 0.15) is 12.1 Å². The van der Waals surface area contributed by atoms with Crippen molar-refractivity contribution in [3.63, 3.8) is 0 Å². The number of benzene rings is 1. The van der Waals surface area contributed by atoms with Gasteiger partial charge < -0.3 is 15.1 Å². The van der Waals surface area contributed by atoms with Crippen molar-refractivity contribution in [2.24, 2.45) is 4.99 Å². The molecular formula is C18H19FN4OS. The molecule has 3 rings (SSSR count). The minimum atomic E-state index is -0.184. The molecule has 2 heterocycles. The molecule has 0 unspecified atom stereocenters. The Morgan fingerprint density at radius 3 is 2.88 bits per heavy atom. The summed E-state index contributed by atoms with van der Waals surface area (Å²) in [5.41, 5.74) is 1.47. The molecule has 0 atom stereocenters. The average molecular weight is 358 g/mol. The Bertz CT molecular complexity index is 829. The van der Waals surface area contributed by atoms with Crippen LogP contribution in [0.2, 0.25) is 0 Å². The molecule has 1 aromatic carbocycles. The van der Waals surface area contributed by atoms with Crippen molar-refractivity contribution >= 4 is 17.3 Å². The summed E-state index contributed by atoms with van der Waals surface area (Å²) < 4.78 is 19.1. The second kappa shape index (κ2) is 8.43. The first-order chi connectivity index (χ1) is 12.3. The summed E-state index contributed by atoms with van der Waals surface area (Å²) in [6, 6.07) is 10.7. The molecule has 0 spiro atoms. The molecule has 5 nitrogen and oxygen atoms in total. The van der Waals surface area contributed by atoms with Gasteiger partial charge in [0.2, 0.25) is 5.89 Å². The number of rotatable bonds is 6. The SMILES string of the molecule is CN=C(NCCc1ccccc1F)NCc1coc(-c2cccs2)n1. The highest BCUT2D eigenvalue weighted by atomic mass is 32.1. The average Bonchev–Trinajstić information content (AvgIpc) is 3.30. The zero-order valence-electron chi connectivity index (χ0n) is 13.8. The fourth-order valence-electron chi connectivity index (χ4n) is 2.31. The highest BCUT2D eigenvalue weighted by Crippen LogP contribution is 2.23. The number of halogens is 1. The van der Waals surface area contributed by atoms with E-state index in [1.807, 2.05) is 23.6 Å². The van der Waals surface area contributed by atoms with Gasteiger partial charge in [-0.1, -0.05) is 24.3 Å². The Morgan fingerprint density at radius 2 is 2.12 bits per heavy atom. The van der Waals surface area contributed by atoms with Crippen molar-refractivity contribution in [2.45, 2.75) is 13.0 Å². The van der Waals surface area contributed by atoms with Crippen molar-refractivity contribution < 1.29 is 8.81 Å².